The zero-order chi connectivity index (χ0) is 15.4. The highest BCUT2D eigenvalue weighted by Gasteiger charge is 2.12. The van der Waals surface area contributed by atoms with Crippen LogP contribution in [0.25, 0.3) is 0 Å². The Bertz CT molecular complexity index is 745. The molecule has 1 heterocycles. The summed E-state index contributed by atoms with van der Waals surface area (Å²) in [6.07, 6.45) is 4.84. The summed E-state index contributed by atoms with van der Waals surface area (Å²) < 4.78 is 7.67. The van der Waals surface area contributed by atoms with Crippen molar-refractivity contribution in [2.75, 3.05) is 0 Å². The summed E-state index contributed by atoms with van der Waals surface area (Å²) in [4.78, 5) is 11.4. The van der Waals surface area contributed by atoms with Gasteiger partial charge in [-0.05, 0) is 48.4 Å². The zero-order valence-electron chi connectivity index (χ0n) is 12.3. The summed E-state index contributed by atoms with van der Waals surface area (Å²) in [5, 5.41) is 0. The fourth-order valence-electron chi connectivity index (χ4n) is 2.38. The number of para-hydroxylation sites is 1. The second-order valence-electron chi connectivity index (χ2n) is 5.20. The van der Waals surface area contributed by atoms with E-state index < -0.39 is 0 Å². The number of benzene rings is 2. The summed E-state index contributed by atoms with van der Waals surface area (Å²) >= 11 is 0. The fourth-order valence-corrected chi connectivity index (χ4v) is 2.38. The van der Waals surface area contributed by atoms with Crippen molar-refractivity contribution >= 4 is 6.29 Å². The Morgan fingerprint density at radius 1 is 0.955 bits per heavy atom. The second-order valence-corrected chi connectivity index (χ2v) is 5.20. The number of ether oxygens (including phenoxy) is 1. The van der Waals surface area contributed by atoms with Crippen molar-refractivity contribution in [3.05, 3.63) is 84.2 Å². The number of rotatable bonds is 5. The third-order valence-corrected chi connectivity index (χ3v) is 3.51. The van der Waals surface area contributed by atoms with Crippen LogP contribution in [0.5, 0.6) is 11.5 Å². The maximum atomic E-state index is 11.4. The molecule has 0 aliphatic heterocycles. The van der Waals surface area contributed by atoms with Crippen LogP contribution in [0.1, 0.15) is 17.2 Å². The van der Waals surface area contributed by atoms with Crippen LogP contribution < -0.4 is 4.74 Å². The Morgan fingerprint density at radius 2 is 1.64 bits per heavy atom. The summed E-state index contributed by atoms with van der Waals surface area (Å²) in [6, 6.07) is 18.9. The van der Waals surface area contributed by atoms with E-state index in [1.54, 1.807) is 0 Å². The van der Waals surface area contributed by atoms with Crippen molar-refractivity contribution in [3.63, 3.8) is 0 Å². The van der Waals surface area contributed by atoms with E-state index in [1.807, 2.05) is 84.5 Å². The van der Waals surface area contributed by atoms with Gasteiger partial charge in [-0.25, -0.2) is 0 Å². The van der Waals surface area contributed by atoms with Gasteiger partial charge in [0.15, 0.2) is 0 Å². The Kier molecular flexibility index (Phi) is 4.05. The maximum absolute atomic E-state index is 11.4. The van der Waals surface area contributed by atoms with Crippen molar-refractivity contribution in [2.45, 2.75) is 13.0 Å². The summed E-state index contributed by atoms with van der Waals surface area (Å²) in [5.41, 5.74) is 2.07. The monoisotopic (exact) mass is 291 g/mol. The molecule has 0 radical (unpaired) electrons. The van der Waals surface area contributed by atoms with Crippen molar-refractivity contribution < 1.29 is 9.53 Å². The van der Waals surface area contributed by atoms with Gasteiger partial charge in [-0.1, -0.05) is 30.3 Å². The molecule has 1 unspecified atom stereocenters. The average Bonchev–Trinajstić information content (AvgIpc) is 2.97. The molecule has 0 aliphatic carbocycles. The molecule has 3 nitrogen and oxygen atoms in total. The normalized spacial score (nSPS) is 11.9. The topological polar surface area (TPSA) is 31.2 Å². The highest BCUT2D eigenvalue weighted by Crippen LogP contribution is 2.24. The van der Waals surface area contributed by atoms with Crippen LogP contribution in [0, 0.1) is 6.92 Å². The first-order valence-electron chi connectivity index (χ1n) is 7.18. The molecule has 3 rings (SSSR count). The van der Waals surface area contributed by atoms with Crippen LogP contribution in [0.15, 0.2) is 73.1 Å². The number of carbonyl (C=O) groups is 1. The first-order valence-corrected chi connectivity index (χ1v) is 7.18. The van der Waals surface area contributed by atoms with Crippen molar-refractivity contribution in [2.24, 2.45) is 0 Å². The standard InChI is InChI=1S/C19H17NO2/c1-15-11-12-20(13-15)19(14-21)16-7-9-18(10-8-16)22-17-5-3-2-4-6-17/h2-14,19H,1H3. The van der Waals surface area contributed by atoms with Gasteiger partial charge in [0, 0.05) is 12.4 Å². The number of nitrogens with zero attached hydrogens (tertiary/aromatic N) is 1. The van der Waals surface area contributed by atoms with E-state index in [0.717, 1.165) is 28.9 Å². The molecular weight excluding hydrogens is 274 g/mol. The van der Waals surface area contributed by atoms with Crippen molar-refractivity contribution in [3.8, 4) is 11.5 Å². The molecule has 0 fully saturated rings. The Labute approximate surface area is 129 Å². The van der Waals surface area contributed by atoms with Gasteiger partial charge in [-0.15, -0.1) is 0 Å². The summed E-state index contributed by atoms with van der Waals surface area (Å²) in [7, 11) is 0. The predicted octanol–water partition coefficient (Wildman–Crippen LogP) is 4.38. The molecule has 3 aromatic rings. The third kappa shape index (κ3) is 3.09. The van der Waals surface area contributed by atoms with Gasteiger partial charge in [0.05, 0.1) is 0 Å². The van der Waals surface area contributed by atoms with E-state index in [9.17, 15) is 4.79 Å². The van der Waals surface area contributed by atoms with E-state index in [0.29, 0.717) is 0 Å². The lowest BCUT2D eigenvalue weighted by atomic mass is 10.1. The quantitative estimate of drug-likeness (QED) is 0.653. The average molecular weight is 291 g/mol. The van der Waals surface area contributed by atoms with Gasteiger partial charge in [-0.2, -0.15) is 0 Å². The maximum Gasteiger partial charge on any atom is 0.147 e. The lowest BCUT2D eigenvalue weighted by Crippen LogP contribution is -2.09. The SMILES string of the molecule is Cc1ccn(C(C=O)c2ccc(Oc3ccccc3)cc2)c1. The number of carbonyl (C=O) groups excluding carboxylic acids is 1. The second kappa shape index (κ2) is 6.31. The van der Waals surface area contributed by atoms with E-state index in [1.165, 1.54) is 0 Å². The summed E-state index contributed by atoms with van der Waals surface area (Å²) in [5.74, 6) is 1.55. The van der Waals surface area contributed by atoms with E-state index in [-0.39, 0.29) is 6.04 Å². The number of aldehydes is 1. The first kappa shape index (κ1) is 14.1. The fraction of sp³-hybridized carbons (Fsp3) is 0.105. The molecule has 0 aliphatic rings. The van der Waals surface area contributed by atoms with Gasteiger partial charge in [0.2, 0.25) is 0 Å². The Hall–Kier alpha value is -2.81. The zero-order valence-corrected chi connectivity index (χ0v) is 12.3. The molecular formula is C19H17NO2. The predicted molar refractivity (Wildman–Crippen MR) is 86.3 cm³/mol. The molecule has 22 heavy (non-hydrogen) atoms. The molecule has 3 heteroatoms. The smallest absolute Gasteiger partial charge is 0.147 e. The van der Waals surface area contributed by atoms with Crippen LogP contribution in [0.4, 0.5) is 0 Å². The van der Waals surface area contributed by atoms with Crippen LogP contribution in [0.3, 0.4) is 0 Å². The minimum Gasteiger partial charge on any atom is -0.457 e. The minimum atomic E-state index is -0.306. The molecule has 0 N–H and O–H groups in total. The van der Waals surface area contributed by atoms with E-state index >= 15 is 0 Å². The molecule has 0 amide bonds. The van der Waals surface area contributed by atoms with Crippen LogP contribution >= 0.6 is 0 Å². The first-order chi connectivity index (χ1) is 10.8. The molecule has 1 aromatic heterocycles. The highest BCUT2D eigenvalue weighted by molar-refractivity contribution is 5.62. The van der Waals surface area contributed by atoms with E-state index in [2.05, 4.69) is 0 Å². The van der Waals surface area contributed by atoms with Crippen LogP contribution in [-0.4, -0.2) is 10.9 Å². The van der Waals surface area contributed by atoms with Gasteiger partial charge in [0.1, 0.15) is 23.8 Å². The van der Waals surface area contributed by atoms with Gasteiger partial charge in [0.25, 0.3) is 0 Å². The van der Waals surface area contributed by atoms with Crippen molar-refractivity contribution in [1.82, 2.24) is 4.57 Å². The molecule has 0 bridgehead atoms. The largest absolute Gasteiger partial charge is 0.457 e. The van der Waals surface area contributed by atoms with Crippen LogP contribution in [0.2, 0.25) is 0 Å². The van der Waals surface area contributed by atoms with Crippen molar-refractivity contribution in [1.29, 1.82) is 0 Å². The lowest BCUT2D eigenvalue weighted by molar-refractivity contribution is -0.109. The Balaban J connectivity index is 1.79. The molecule has 1 atom stereocenters. The third-order valence-electron chi connectivity index (χ3n) is 3.51. The number of hydrogen-bond acceptors (Lipinski definition) is 2. The number of hydrogen-bond donors (Lipinski definition) is 0. The molecule has 0 spiro atoms. The molecule has 110 valence electrons. The van der Waals surface area contributed by atoms with E-state index in [4.69, 9.17) is 4.74 Å². The van der Waals surface area contributed by atoms with Gasteiger partial charge in [-0.3, -0.25) is 0 Å². The number of aromatic nitrogens is 1. The van der Waals surface area contributed by atoms with Gasteiger partial charge < -0.3 is 14.1 Å². The molecule has 0 saturated carbocycles. The van der Waals surface area contributed by atoms with Gasteiger partial charge >= 0.3 is 0 Å². The highest BCUT2D eigenvalue weighted by atomic mass is 16.5. The summed E-state index contributed by atoms with van der Waals surface area (Å²) in [6.45, 7) is 2.01. The molecule has 2 aromatic carbocycles. The molecule has 0 saturated heterocycles. The minimum absolute atomic E-state index is 0.306. The van der Waals surface area contributed by atoms with Crippen LogP contribution in [-0.2, 0) is 4.79 Å². The lowest BCUT2D eigenvalue weighted by Gasteiger charge is -2.13. The Morgan fingerprint density at radius 3 is 2.23 bits per heavy atom. The number of aryl methyl sites for hydroxylation is 1.